The van der Waals surface area contributed by atoms with Gasteiger partial charge in [0.2, 0.25) is 0 Å². The van der Waals surface area contributed by atoms with Gasteiger partial charge in [0, 0.05) is 11.6 Å². The molecule has 0 aliphatic heterocycles. The van der Waals surface area contributed by atoms with Gasteiger partial charge in [-0.15, -0.1) is 11.6 Å². The summed E-state index contributed by atoms with van der Waals surface area (Å²) in [6.45, 7) is 11.6. The lowest BCUT2D eigenvalue weighted by molar-refractivity contribution is 0.101. The molecule has 0 fully saturated rings. The monoisotopic (exact) mass is 668 g/mol. The van der Waals surface area contributed by atoms with E-state index >= 15 is 4.39 Å². The number of hydrogen-bond acceptors (Lipinski definition) is 7. The van der Waals surface area contributed by atoms with E-state index in [-0.39, 0.29) is 51.6 Å². The van der Waals surface area contributed by atoms with Crippen molar-refractivity contribution >= 4 is 51.4 Å². The summed E-state index contributed by atoms with van der Waals surface area (Å²) in [6, 6.07) is 7.29. The summed E-state index contributed by atoms with van der Waals surface area (Å²) in [5.41, 5.74) is 7.08. The molecule has 4 heterocycles. The topological polar surface area (TPSA) is 127 Å². The highest BCUT2D eigenvalue weighted by Gasteiger charge is 2.34. The molecule has 13 heteroatoms. The van der Waals surface area contributed by atoms with Gasteiger partial charge in [-0.25, -0.2) is 19.2 Å². The van der Waals surface area contributed by atoms with Gasteiger partial charge in [0.1, 0.15) is 24.0 Å². The second-order valence-electron chi connectivity index (χ2n) is 12.4. The largest absolute Gasteiger partial charge is 0.496 e. The first-order valence-electron chi connectivity index (χ1n) is 14.6. The van der Waals surface area contributed by atoms with Crippen LogP contribution in [0.3, 0.4) is 0 Å². The van der Waals surface area contributed by atoms with E-state index in [4.69, 9.17) is 48.4 Å². The van der Waals surface area contributed by atoms with Crippen molar-refractivity contribution in [3.63, 3.8) is 0 Å². The zero-order valence-corrected chi connectivity index (χ0v) is 28.1. The van der Waals surface area contributed by atoms with Crippen molar-refractivity contribution in [2.24, 2.45) is 11.1 Å². The fraction of sp³-hybridized carbons (Fsp3) is 0.364. The second kappa shape index (κ2) is 12.5. The Bertz CT molecular complexity index is 2050. The Labute approximate surface area is 275 Å². The van der Waals surface area contributed by atoms with Gasteiger partial charge in [0.25, 0.3) is 5.56 Å². The number of halogens is 3. The number of hydrogen-bond donors (Lipinski definition) is 1. The first-order valence-corrected chi connectivity index (χ1v) is 15.5. The van der Waals surface area contributed by atoms with Gasteiger partial charge in [0.15, 0.2) is 11.2 Å². The van der Waals surface area contributed by atoms with Crippen molar-refractivity contribution in [2.75, 3.05) is 13.7 Å². The number of aryl methyl sites for hydroxylation is 1. The average Bonchev–Trinajstić information content (AvgIpc) is 3.37. The van der Waals surface area contributed by atoms with Crippen LogP contribution in [-0.2, 0) is 10.6 Å². The van der Waals surface area contributed by atoms with E-state index in [1.165, 1.54) is 23.8 Å². The first kappa shape index (κ1) is 33.2. The number of rotatable bonds is 8. The van der Waals surface area contributed by atoms with Crippen molar-refractivity contribution < 1.29 is 18.7 Å². The van der Waals surface area contributed by atoms with Gasteiger partial charge in [-0.05, 0) is 48.1 Å². The summed E-state index contributed by atoms with van der Waals surface area (Å²) >= 11 is 13.4. The van der Waals surface area contributed by atoms with E-state index in [9.17, 15) is 9.59 Å². The fourth-order valence-electron chi connectivity index (χ4n) is 5.79. The summed E-state index contributed by atoms with van der Waals surface area (Å²) in [7, 11) is 1.42. The molecule has 0 saturated heterocycles. The van der Waals surface area contributed by atoms with E-state index in [1.807, 2.05) is 41.5 Å². The number of primary amides is 1. The van der Waals surface area contributed by atoms with Crippen LogP contribution in [0.1, 0.15) is 63.7 Å². The fourth-order valence-corrected chi connectivity index (χ4v) is 6.22. The Morgan fingerprint density at radius 2 is 1.89 bits per heavy atom. The van der Waals surface area contributed by atoms with Crippen LogP contribution in [0.4, 0.5) is 9.18 Å². The zero-order valence-electron chi connectivity index (χ0n) is 26.6. The molecule has 2 N–H and O–H groups in total. The molecular formula is C33H35Cl2FN6O4. The molecule has 242 valence electrons. The average molecular weight is 670 g/mol. The minimum atomic E-state index is -0.945. The van der Waals surface area contributed by atoms with Gasteiger partial charge in [0.05, 0.1) is 52.2 Å². The van der Waals surface area contributed by atoms with Crippen LogP contribution < -0.4 is 16.0 Å². The third-order valence-electron chi connectivity index (χ3n) is 7.98. The molecule has 0 spiro atoms. The maximum atomic E-state index is 15.5. The molecule has 1 aromatic carbocycles. The Kier molecular flexibility index (Phi) is 9.03. The number of aromatic nitrogens is 5. The quantitative estimate of drug-likeness (QED) is 0.170. The summed E-state index contributed by atoms with van der Waals surface area (Å²) in [5.74, 6) is -0.153. The van der Waals surface area contributed by atoms with Gasteiger partial charge in [-0.1, -0.05) is 52.3 Å². The van der Waals surface area contributed by atoms with Crippen LogP contribution in [-0.4, -0.2) is 43.9 Å². The van der Waals surface area contributed by atoms with Crippen molar-refractivity contribution in [3.05, 3.63) is 74.8 Å². The number of imidazole rings is 1. The van der Waals surface area contributed by atoms with Crippen LogP contribution in [0.25, 0.3) is 39.0 Å². The summed E-state index contributed by atoms with van der Waals surface area (Å²) in [4.78, 5) is 40.8. The van der Waals surface area contributed by atoms with Crippen LogP contribution in [0.2, 0.25) is 5.02 Å². The number of benzene rings is 1. The number of methoxy groups -OCH3 is 1. The predicted molar refractivity (Wildman–Crippen MR) is 178 cm³/mol. The minimum Gasteiger partial charge on any atom is -0.496 e. The molecule has 0 aliphatic rings. The normalized spacial score (nSPS) is 12.7. The number of amides is 1. The van der Waals surface area contributed by atoms with E-state index in [1.54, 1.807) is 29.0 Å². The second-order valence-corrected chi connectivity index (χ2v) is 13.1. The number of ether oxygens (including phenoxy) is 2. The molecule has 0 saturated carbocycles. The van der Waals surface area contributed by atoms with Crippen molar-refractivity contribution in [3.8, 4) is 22.7 Å². The highest BCUT2D eigenvalue weighted by Crippen LogP contribution is 2.41. The third-order valence-corrected chi connectivity index (χ3v) is 8.51. The number of nitrogens with two attached hydrogens (primary N) is 1. The Hall–Kier alpha value is -4.22. The van der Waals surface area contributed by atoms with E-state index < -0.39 is 28.9 Å². The van der Waals surface area contributed by atoms with Gasteiger partial charge in [-0.3, -0.25) is 14.3 Å². The Morgan fingerprint density at radius 3 is 2.50 bits per heavy atom. The highest BCUT2D eigenvalue weighted by molar-refractivity contribution is 6.34. The van der Waals surface area contributed by atoms with Crippen LogP contribution >= 0.6 is 23.2 Å². The summed E-state index contributed by atoms with van der Waals surface area (Å²) in [6.07, 6.45) is 0.743. The number of pyridine rings is 3. The SMILES string of the molecule is COc1cccc(F)c1-c1nc2c(cc1Cl)c1c(nc(CCl)n1C(COC(N)=O)C(C)(C)C)c(=O)n2-c1c(C)ccnc1C(C)C. The summed E-state index contributed by atoms with van der Waals surface area (Å²) in [5, 5.41) is 0.545. The van der Waals surface area contributed by atoms with Crippen LogP contribution in [0.5, 0.6) is 5.75 Å². The number of fused-ring (bicyclic) bond motifs is 3. The first-order chi connectivity index (χ1) is 21.7. The molecule has 5 rings (SSSR count). The van der Waals surface area contributed by atoms with Crippen molar-refractivity contribution in [1.82, 2.24) is 24.1 Å². The van der Waals surface area contributed by atoms with E-state index in [0.717, 1.165) is 5.56 Å². The molecule has 1 unspecified atom stereocenters. The predicted octanol–water partition coefficient (Wildman–Crippen LogP) is 7.45. The molecule has 0 bridgehead atoms. The van der Waals surface area contributed by atoms with E-state index in [2.05, 4.69) is 4.98 Å². The molecule has 4 aromatic heterocycles. The van der Waals surface area contributed by atoms with Crippen LogP contribution in [0, 0.1) is 18.2 Å². The number of nitrogens with zero attached hydrogens (tertiary/aromatic N) is 5. The summed E-state index contributed by atoms with van der Waals surface area (Å²) < 4.78 is 29.5. The van der Waals surface area contributed by atoms with E-state index in [0.29, 0.717) is 28.1 Å². The molecule has 5 aromatic rings. The lowest BCUT2D eigenvalue weighted by Crippen LogP contribution is -2.32. The standard InChI is InChI=1S/C33H35Cl2FN6O4/c1-16(2)25-28(17(3)11-12-38-25)42-30-18(13-19(35)26(40-30)24-20(36)9-8-10-21(24)45-7)29-27(31(42)43)39-23(14-34)41(29)22(33(4,5)6)15-46-32(37)44/h8-13,16,22H,14-15H2,1-7H3,(H2,37,44). The highest BCUT2D eigenvalue weighted by atomic mass is 35.5. The Balaban J connectivity index is 2.05. The van der Waals surface area contributed by atoms with Crippen molar-refractivity contribution in [2.45, 2.75) is 59.4 Å². The lowest BCUT2D eigenvalue weighted by Gasteiger charge is -2.33. The van der Waals surface area contributed by atoms with Crippen molar-refractivity contribution in [1.29, 1.82) is 0 Å². The third kappa shape index (κ3) is 5.66. The molecule has 0 radical (unpaired) electrons. The van der Waals surface area contributed by atoms with Gasteiger partial charge >= 0.3 is 6.09 Å². The molecular weight excluding hydrogens is 634 g/mol. The number of carbonyl (C=O) groups excluding carboxylic acids is 1. The smallest absolute Gasteiger partial charge is 0.404 e. The Morgan fingerprint density at radius 1 is 1.17 bits per heavy atom. The number of carbonyl (C=O) groups is 1. The molecule has 10 nitrogen and oxygen atoms in total. The van der Waals surface area contributed by atoms with Crippen LogP contribution in [0.15, 0.2) is 41.3 Å². The maximum Gasteiger partial charge on any atom is 0.404 e. The zero-order chi connectivity index (χ0) is 33.7. The molecule has 1 atom stereocenters. The lowest BCUT2D eigenvalue weighted by atomic mass is 9.86. The van der Waals surface area contributed by atoms with Gasteiger partial charge in [-0.2, -0.15) is 0 Å². The minimum absolute atomic E-state index is 0.0420. The van der Waals surface area contributed by atoms with Gasteiger partial charge < -0.3 is 19.8 Å². The molecule has 1 amide bonds. The maximum absolute atomic E-state index is 15.5. The molecule has 0 aliphatic carbocycles. The number of alkyl halides is 1. The molecule has 46 heavy (non-hydrogen) atoms.